The molecule has 12 heteroatoms. The van der Waals surface area contributed by atoms with Gasteiger partial charge < -0.3 is 10.6 Å². The third kappa shape index (κ3) is 6.51. The van der Waals surface area contributed by atoms with Crippen LogP contribution in [0, 0.1) is 17.5 Å². The van der Waals surface area contributed by atoms with E-state index in [1.54, 1.807) is 41.4 Å². The number of amides is 1. The van der Waals surface area contributed by atoms with Gasteiger partial charge in [0.15, 0.2) is 0 Å². The maximum absolute atomic E-state index is 14.3. The average Bonchev–Trinajstić information content (AvgIpc) is 3.02. The number of sulfonamides is 1. The first kappa shape index (κ1) is 32.0. The highest BCUT2D eigenvalue weighted by Gasteiger charge is 2.34. The normalized spacial score (nSPS) is 17.2. The van der Waals surface area contributed by atoms with Crippen molar-refractivity contribution in [1.82, 2.24) is 14.8 Å². The van der Waals surface area contributed by atoms with Crippen LogP contribution in [0.3, 0.4) is 0 Å². The van der Waals surface area contributed by atoms with E-state index in [-0.39, 0.29) is 40.7 Å². The number of hydrogen-bond acceptors (Lipinski definition) is 6. The number of para-hydroxylation sites is 1. The number of halogens is 3. The van der Waals surface area contributed by atoms with Crippen molar-refractivity contribution in [3.63, 3.8) is 0 Å². The highest BCUT2D eigenvalue weighted by Crippen LogP contribution is 2.34. The van der Waals surface area contributed by atoms with E-state index in [0.29, 0.717) is 53.1 Å². The molecule has 1 aromatic heterocycles. The molecule has 1 fully saturated rings. The Bertz CT molecular complexity index is 2050. The van der Waals surface area contributed by atoms with E-state index in [2.05, 4.69) is 9.71 Å². The number of anilines is 2. The molecule has 242 valence electrons. The molecule has 5 aromatic rings. The van der Waals surface area contributed by atoms with Gasteiger partial charge >= 0.3 is 0 Å². The maximum atomic E-state index is 14.3. The van der Waals surface area contributed by atoms with Crippen molar-refractivity contribution in [3.05, 3.63) is 120 Å². The molecule has 0 aliphatic carbocycles. The molecule has 0 radical (unpaired) electrons. The topological polar surface area (TPSA) is 109 Å². The molecule has 0 bridgehead atoms. The van der Waals surface area contributed by atoms with Crippen molar-refractivity contribution in [2.75, 3.05) is 23.5 Å². The number of nitrogens with one attached hydrogen (secondary N) is 1. The van der Waals surface area contributed by atoms with E-state index in [1.807, 2.05) is 36.9 Å². The minimum atomic E-state index is -4.10. The van der Waals surface area contributed by atoms with Gasteiger partial charge in [0.2, 0.25) is 0 Å². The number of rotatable bonds is 7. The molecular weight excluding hydrogens is 627 g/mol. The molecule has 2 heterocycles. The molecule has 2 unspecified atom stereocenters. The zero-order valence-electron chi connectivity index (χ0n) is 25.6. The molecule has 4 aromatic carbocycles. The van der Waals surface area contributed by atoms with Gasteiger partial charge in [-0.15, -0.1) is 0 Å². The van der Waals surface area contributed by atoms with Gasteiger partial charge in [-0.2, -0.15) is 0 Å². The monoisotopic (exact) mass is 659 g/mol. The summed E-state index contributed by atoms with van der Waals surface area (Å²) < 4.78 is 71.9. The molecule has 2 atom stereocenters. The number of aromatic nitrogens is 1. The third-order valence-corrected chi connectivity index (χ3v) is 9.76. The number of pyridine rings is 1. The van der Waals surface area contributed by atoms with E-state index in [0.717, 1.165) is 5.39 Å². The van der Waals surface area contributed by atoms with Crippen molar-refractivity contribution in [1.29, 1.82) is 0 Å². The maximum Gasteiger partial charge on any atom is 0.262 e. The largest absolute Gasteiger partial charge is 0.399 e. The Hall–Kier alpha value is -4.94. The van der Waals surface area contributed by atoms with Gasteiger partial charge in [-0.1, -0.05) is 24.3 Å². The highest BCUT2D eigenvalue weighted by molar-refractivity contribution is 7.92. The molecule has 1 aliphatic heterocycles. The lowest BCUT2D eigenvalue weighted by molar-refractivity contribution is 0.0262. The highest BCUT2D eigenvalue weighted by atomic mass is 32.2. The van der Waals surface area contributed by atoms with E-state index < -0.39 is 27.5 Å². The number of piperazine rings is 1. The number of benzene rings is 4. The van der Waals surface area contributed by atoms with Crippen molar-refractivity contribution in [2.24, 2.45) is 0 Å². The summed E-state index contributed by atoms with van der Waals surface area (Å²) in [6.45, 7) is 4.32. The second-order valence-corrected chi connectivity index (χ2v) is 13.4. The van der Waals surface area contributed by atoms with E-state index in [9.17, 15) is 26.4 Å². The fourth-order valence-corrected chi connectivity index (χ4v) is 7.52. The fourth-order valence-electron chi connectivity index (χ4n) is 6.26. The Morgan fingerprint density at radius 3 is 2.23 bits per heavy atom. The molecule has 8 nitrogen and oxygen atoms in total. The van der Waals surface area contributed by atoms with E-state index >= 15 is 0 Å². The van der Waals surface area contributed by atoms with E-state index in [1.165, 1.54) is 24.3 Å². The van der Waals surface area contributed by atoms with Crippen LogP contribution in [-0.4, -0.2) is 54.3 Å². The van der Waals surface area contributed by atoms with Gasteiger partial charge in [-0.3, -0.25) is 19.4 Å². The minimum absolute atomic E-state index is 0.0194. The van der Waals surface area contributed by atoms with Crippen LogP contribution in [0.1, 0.15) is 29.8 Å². The zero-order chi connectivity index (χ0) is 33.5. The number of nitrogens with zero attached hydrogens (tertiary/aromatic N) is 3. The fraction of sp³-hybridized carbons (Fsp3) is 0.200. The van der Waals surface area contributed by atoms with Crippen LogP contribution in [-0.2, 0) is 16.6 Å². The second kappa shape index (κ2) is 12.7. The Morgan fingerprint density at radius 2 is 1.55 bits per heavy atom. The predicted molar refractivity (Wildman–Crippen MR) is 176 cm³/mol. The lowest BCUT2D eigenvalue weighted by atomic mass is 10.0. The summed E-state index contributed by atoms with van der Waals surface area (Å²) in [6, 6.07) is 20.7. The SMILES string of the molecule is CC1CN(Cc2c(F)cc(F)cc2F)CC(C)N1C(=O)c1ccc(NS(=O)(=O)c2ccc(N)cc2-c2cccc3cccnc23)cc1. The van der Waals surface area contributed by atoms with Gasteiger partial charge in [0.25, 0.3) is 15.9 Å². The lowest BCUT2D eigenvalue weighted by Crippen LogP contribution is -2.58. The summed E-state index contributed by atoms with van der Waals surface area (Å²) in [5, 5.41) is 0.852. The molecule has 0 spiro atoms. The number of fused-ring (bicyclic) bond motifs is 1. The first-order valence-electron chi connectivity index (χ1n) is 15.0. The average molecular weight is 660 g/mol. The number of carbonyl (C=O) groups excluding carboxylic acids is 1. The predicted octanol–water partition coefficient (Wildman–Crippen LogP) is 6.44. The second-order valence-electron chi connectivity index (χ2n) is 11.8. The van der Waals surface area contributed by atoms with Crippen LogP contribution < -0.4 is 10.5 Å². The zero-order valence-corrected chi connectivity index (χ0v) is 26.4. The standard InChI is InChI=1S/C35H32F3N5O3S/c1-21-18-42(20-30-31(37)15-25(36)16-32(30)38)19-22(2)43(21)35(44)24-8-11-27(12-9-24)41-47(45,46)33-13-10-26(39)17-29(33)28-7-3-5-23-6-4-14-40-34(23)28/h3-17,21-22,41H,18-20,39H2,1-2H3. The first-order chi connectivity index (χ1) is 22.4. The van der Waals surface area contributed by atoms with Gasteiger partial charge in [-0.25, -0.2) is 21.6 Å². The number of nitrogen functional groups attached to an aromatic ring is 1. The summed E-state index contributed by atoms with van der Waals surface area (Å²) in [7, 11) is -4.10. The van der Waals surface area contributed by atoms with Gasteiger partial charge in [0.1, 0.15) is 17.5 Å². The summed E-state index contributed by atoms with van der Waals surface area (Å²) in [6.07, 6.45) is 1.64. The van der Waals surface area contributed by atoms with Crippen molar-refractivity contribution >= 4 is 38.2 Å². The molecule has 1 amide bonds. The van der Waals surface area contributed by atoms with Crippen LogP contribution in [0.15, 0.2) is 96.0 Å². The molecule has 1 aliphatic rings. The molecule has 0 saturated carbocycles. The summed E-state index contributed by atoms with van der Waals surface area (Å²) in [5.41, 5.74) is 8.52. The van der Waals surface area contributed by atoms with Crippen molar-refractivity contribution < 1.29 is 26.4 Å². The Balaban J connectivity index is 1.18. The Morgan fingerprint density at radius 1 is 0.894 bits per heavy atom. The Labute approximate surface area is 270 Å². The van der Waals surface area contributed by atoms with Gasteiger partial charge in [0.05, 0.1) is 10.4 Å². The van der Waals surface area contributed by atoms with Crippen LogP contribution in [0.2, 0.25) is 0 Å². The third-order valence-electron chi connectivity index (χ3n) is 8.32. The summed E-state index contributed by atoms with van der Waals surface area (Å²) >= 11 is 0. The quantitative estimate of drug-likeness (QED) is 0.195. The number of carbonyl (C=O) groups is 1. The van der Waals surface area contributed by atoms with Crippen molar-refractivity contribution in [3.8, 4) is 11.1 Å². The van der Waals surface area contributed by atoms with Gasteiger partial charge in [-0.05, 0) is 62.4 Å². The lowest BCUT2D eigenvalue weighted by Gasteiger charge is -2.44. The van der Waals surface area contributed by atoms with Crippen molar-refractivity contribution in [2.45, 2.75) is 37.4 Å². The van der Waals surface area contributed by atoms with Gasteiger partial charge in [0, 0.05) is 89.1 Å². The van der Waals surface area contributed by atoms with Crippen LogP contribution in [0.5, 0.6) is 0 Å². The van der Waals surface area contributed by atoms with Crippen LogP contribution in [0.4, 0.5) is 24.5 Å². The molecule has 47 heavy (non-hydrogen) atoms. The Kier molecular flexibility index (Phi) is 8.64. The number of nitrogens with two attached hydrogens (primary N) is 1. The van der Waals surface area contributed by atoms with E-state index in [4.69, 9.17) is 5.73 Å². The van der Waals surface area contributed by atoms with Crippen LogP contribution >= 0.6 is 0 Å². The molecular formula is C35H32F3N5O3S. The molecule has 1 saturated heterocycles. The number of hydrogen-bond donors (Lipinski definition) is 2. The summed E-state index contributed by atoms with van der Waals surface area (Å²) in [4.78, 5) is 21.6. The molecule has 3 N–H and O–H groups in total. The molecule has 6 rings (SSSR count). The van der Waals surface area contributed by atoms with Crippen LogP contribution in [0.25, 0.3) is 22.0 Å². The first-order valence-corrected chi connectivity index (χ1v) is 16.4. The minimum Gasteiger partial charge on any atom is -0.399 e. The smallest absolute Gasteiger partial charge is 0.262 e. The summed E-state index contributed by atoms with van der Waals surface area (Å²) in [5.74, 6) is -3.14.